The summed E-state index contributed by atoms with van der Waals surface area (Å²) in [5, 5.41) is 8.35. The Morgan fingerprint density at radius 3 is 1.67 bits per heavy atom. The number of carbonyl (C=O) groups excluding carboxylic acids is 1. The van der Waals surface area contributed by atoms with E-state index in [9.17, 15) is 18.0 Å². The van der Waals surface area contributed by atoms with Crippen molar-refractivity contribution in [2.45, 2.75) is 18.5 Å². The van der Waals surface area contributed by atoms with Gasteiger partial charge in [0, 0.05) is 0 Å². The van der Waals surface area contributed by atoms with Crippen LogP contribution >= 0.6 is 0 Å². The summed E-state index contributed by atoms with van der Waals surface area (Å²) in [5.74, 6) is -0.597. The molecule has 10 heteroatoms. The van der Waals surface area contributed by atoms with Gasteiger partial charge >= 0.3 is 21.6 Å². The van der Waals surface area contributed by atoms with Crippen molar-refractivity contribution < 1.29 is 40.8 Å². The lowest BCUT2D eigenvalue weighted by Gasteiger charge is -1.97. The number of alkyl halides is 3. The van der Waals surface area contributed by atoms with E-state index < -0.39 is 27.7 Å². The number of carbonyl (C=O) groups is 1. The highest BCUT2D eigenvalue weighted by Gasteiger charge is 2.44. The van der Waals surface area contributed by atoms with Crippen LogP contribution in [0.3, 0.4) is 0 Å². The summed E-state index contributed by atoms with van der Waals surface area (Å²) in [6, 6.07) is 0. The molecule has 0 saturated carbocycles. The van der Waals surface area contributed by atoms with Gasteiger partial charge in [0.25, 0.3) is 0 Å². The highest BCUT2D eigenvalue weighted by Crippen LogP contribution is 2.20. The molecule has 0 saturated heterocycles. The van der Waals surface area contributed by atoms with Crippen LogP contribution in [0.15, 0.2) is 0 Å². The molecule has 0 bridgehead atoms. The van der Waals surface area contributed by atoms with E-state index in [1.807, 2.05) is 0 Å². The van der Waals surface area contributed by atoms with Crippen LogP contribution in [0.25, 0.3) is 0 Å². The van der Waals surface area contributed by atoms with E-state index in [0.717, 1.165) is 0 Å². The van der Waals surface area contributed by atoms with Crippen molar-refractivity contribution >= 4 is 16.1 Å². The van der Waals surface area contributed by atoms with Crippen LogP contribution in [0.5, 0.6) is 0 Å². The second kappa shape index (κ2) is 5.88. The fraction of sp³-hybridized carbons (Fsp3) is 0.800. The number of methoxy groups -OCH3 is 1. The van der Waals surface area contributed by atoms with Gasteiger partial charge in [-0.05, 0) is 6.92 Å². The monoisotopic (exact) mass is 254 g/mol. The zero-order chi connectivity index (χ0) is 12.9. The third kappa shape index (κ3) is 8.15. The zero-order valence-corrected chi connectivity index (χ0v) is 8.46. The van der Waals surface area contributed by atoms with E-state index in [4.69, 9.17) is 18.1 Å². The third-order valence-corrected chi connectivity index (χ3v) is 1.42. The van der Waals surface area contributed by atoms with Crippen LogP contribution in [0.4, 0.5) is 13.2 Å². The summed E-state index contributed by atoms with van der Waals surface area (Å²) < 4.78 is 61.7. The molecule has 6 nitrogen and oxygen atoms in total. The number of aliphatic hydroxyl groups is 1. The molecular formula is C5H9F3O6S. The number of halogens is 3. The molecule has 1 atom stereocenters. The number of hydrogen-bond acceptors (Lipinski definition) is 5. The smallest absolute Gasteiger partial charge is 0.467 e. The maximum Gasteiger partial charge on any atom is 0.522 e. The quantitative estimate of drug-likeness (QED) is 0.386. The average molecular weight is 254 g/mol. The first-order valence-corrected chi connectivity index (χ1v) is 4.67. The minimum atomic E-state index is -5.84. The number of aliphatic hydroxyl groups excluding tert-OH is 1. The molecule has 0 radical (unpaired) electrons. The minimum Gasteiger partial charge on any atom is -0.467 e. The van der Waals surface area contributed by atoms with E-state index >= 15 is 0 Å². The maximum atomic E-state index is 10.7. The Hall–Kier alpha value is -0.870. The zero-order valence-electron chi connectivity index (χ0n) is 7.65. The van der Waals surface area contributed by atoms with Crippen LogP contribution in [0, 0.1) is 0 Å². The summed E-state index contributed by atoms with van der Waals surface area (Å²) in [6.45, 7) is 1.35. The van der Waals surface area contributed by atoms with Crippen LogP contribution in [0.2, 0.25) is 0 Å². The lowest BCUT2D eigenvalue weighted by atomic mass is 10.4. The molecule has 0 amide bonds. The largest absolute Gasteiger partial charge is 0.522 e. The lowest BCUT2D eigenvalue weighted by molar-refractivity contribution is -0.149. The molecule has 0 aliphatic carbocycles. The van der Waals surface area contributed by atoms with Crippen molar-refractivity contribution in [3.63, 3.8) is 0 Å². The van der Waals surface area contributed by atoms with Gasteiger partial charge in [0.1, 0.15) is 6.10 Å². The van der Waals surface area contributed by atoms with E-state index in [2.05, 4.69) is 4.74 Å². The van der Waals surface area contributed by atoms with Gasteiger partial charge in [-0.25, -0.2) is 4.79 Å². The van der Waals surface area contributed by atoms with Gasteiger partial charge in [0.15, 0.2) is 0 Å². The Labute approximate surface area is 83.4 Å². The number of hydrogen-bond donors (Lipinski definition) is 2. The van der Waals surface area contributed by atoms with Crippen LogP contribution < -0.4 is 0 Å². The molecule has 2 N–H and O–H groups in total. The molecule has 0 aromatic rings. The van der Waals surface area contributed by atoms with E-state index in [1.165, 1.54) is 14.0 Å². The summed E-state index contributed by atoms with van der Waals surface area (Å²) >= 11 is 0. The maximum absolute atomic E-state index is 10.7. The second-order valence-corrected chi connectivity index (χ2v) is 3.53. The summed E-state index contributed by atoms with van der Waals surface area (Å²) in [7, 11) is -4.61. The lowest BCUT2D eigenvalue weighted by Crippen LogP contribution is -2.21. The highest BCUT2D eigenvalue weighted by molar-refractivity contribution is 7.86. The molecule has 0 fully saturated rings. The summed E-state index contributed by atoms with van der Waals surface area (Å²) in [5.41, 5.74) is -5.53. The molecule has 0 aromatic heterocycles. The molecule has 0 aromatic carbocycles. The Morgan fingerprint density at radius 1 is 1.40 bits per heavy atom. The van der Waals surface area contributed by atoms with E-state index in [0.29, 0.717) is 0 Å². The first-order valence-electron chi connectivity index (χ1n) is 3.23. The summed E-state index contributed by atoms with van der Waals surface area (Å²) in [4.78, 5) is 10.0. The number of esters is 1. The molecule has 15 heavy (non-hydrogen) atoms. The van der Waals surface area contributed by atoms with Gasteiger partial charge < -0.3 is 9.84 Å². The van der Waals surface area contributed by atoms with E-state index in [-0.39, 0.29) is 0 Å². The predicted molar refractivity (Wildman–Crippen MR) is 41.3 cm³/mol. The van der Waals surface area contributed by atoms with Gasteiger partial charge in [-0.15, -0.1) is 0 Å². The van der Waals surface area contributed by atoms with Crippen molar-refractivity contribution in [1.29, 1.82) is 0 Å². The van der Waals surface area contributed by atoms with Crippen molar-refractivity contribution in [2.24, 2.45) is 0 Å². The molecule has 0 rings (SSSR count). The first-order chi connectivity index (χ1) is 6.43. The Morgan fingerprint density at radius 2 is 1.67 bits per heavy atom. The highest BCUT2D eigenvalue weighted by atomic mass is 32.2. The predicted octanol–water partition coefficient (Wildman–Crippen LogP) is -0.0658. The molecular weight excluding hydrogens is 245 g/mol. The standard InChI is InChI=1S/C4H8O3.CHF3O3S/c1-3(5)4(6)7-2;2-1(3,4)8(5,6)7/h3,5H,1-2H3;(H,5,6,7). The molecule has 92 valence electrons. The van der Waals surface area contributed by atoms with Crippen LogP contribution in [-0.2, 0) is 19.6 Å². The van der Waals surface area contributed by atoms with Crippen molar-refractivity contribution in [3.8, 4) is 0 Å². The van der Waals surface area contributed by atoms with Crippen LogP contribution in [0.1, 0.15) is 6.92 Å². The van der Waals surface area contributed by atoms with E-state index in [1.54, 1.807) is 0 Å². The SMILES string of the molecule is COC(=O)C(C)O.O=S(=O)(O)C(F)(F)F. The second-order valence-electron chi connectivity index (χ2n) is 2.12. The molecule has 0 spiro atoms. The summed E-state index contributed by atoms with van der Waals surface area (Å²) in [6.07, 6.45) is -0.995. The topological polar surface area (TPSA) is 101 Å². The normalized spacial score (nSPS) is 13.5. The Balaban J connectivity index is 0. The van der Waals surface area contributed by atoms with Gasteiger partial charge in [0.2, 0.25) is 0 Å². The Kier molecular flexibility index (Phi) is 6.49. The minimum absolute atomic E-state index is 0.597. The third-order valence-electron chi connectivity index (χ3n) is 0.835. The first kappa shape index (κ1) is 16.6. The molecule has 0 heterocycles. The van der Waals surface area contributed by atoms with Gasteiger partial charge in [-0.2, -0.15) is 21.6 Å². The molecule has 1 unspecified atom stereocenters. The molecule has 0 aliphatic heterocycles. The van der Waals surface area contributed by atoms with Crippen molar-refractivity contribution in [2.75, 3.05) is 7.11 Å². The van der Waals surface area contributed by atoms with Crippen molar-refractivity contribution in [1.82, 2.24) is 0 Å². The average Bonchev–Trinajstić information content (AvgIpc) is 2.00. The number of rotatable bonds is 1. The van der Waals surface area contributed by atoms with Crippen LogP contribution in [-0.4, -0.2) is 42.8 Å². The van der Waals surface area contributed by atoms with Gasteiger partial charge in [0.05, 0.1) is 7.11 Å². The van der Waals surface area contributed by atoms with Crippen molar-refractivity contribution in [3.05, 3.63) is 0 Å². The van der Waals surface area contributed by atoms with Gasteiger partial charge in [-0.3, -0.25) is 4.55 Å². The van der Waals surface area contributed by atoms with Gasteiger partial charge in [-0.1, -0.05) is 0 Å². The number of ether oxygens (including phenoxy) is 1. The Bertz CT molecular complexity index is 292. The fourth-order valence-corrected chi connectivity index (χ4v) is 0.171. The fourth-order valence-electron chi connectivity index (χ4n) is 0.171. The molecule has 0 aliphatic rings.